The summed E-state index contributed by atoms with van der Waals surface area (Å²) in [5.74, 6) is 3.59. The second-order valence-electron chi connectivity index (χ2n) is 4.36. The highest BCUT2D eigenvalue weighted by atomic mass is 32.2. The second kappa shape index (κ2) is 7.46. The minimum absolute atomic E-state index is 0.0564. The molecule has 19 heavy (non-hydrogen) atoms. The second-order valence-corrected chi connectivity index (χ2v) is 6.92. The maximum Gasteiger partial charge on any atom is 0.224 e. The number of nitriles is 1. The summed E-state index contributed by atoms with van der Waals surface area (Å²) < 4.78 is 0. The van der Waals surface area contributed by atoms with Crippen LogP contribution in [0.25, 0.3) is 0 Å². The summed E-state index contributed by atoms with van der Waals surface area (Å²) >= 11 is 3.90. The van der Waals surface area contributed by atoms with Gasteiger partial charge in [0.05, 0.1) is 18.1 Å². The van der Waals surface area contributed by atoms with Gasteiger partial charge in [-0.25, -0.2) is 0 Å². The Labute approximate surface area is 122 Å². The molecule has 2 rings (SSSR count). The van der Waals surface area contributed by atoms with E-state index in [0.717, 1.165) is 17.9 Å². The largest absolute Gasteiger partial charge is 0.355 e. The normalized spacial score (nSPS) is 18.6. The van der Waals surface area contributed by atoms with Crippen LogP contribution in [0.5, 0.6) is 0 Å². The van der Waals surface area contributed by atoms with E-state index >= 15 is 0 Å². The summed E-state index contributed by atoms with van der Waals surface area (Å²) in [7, 11) is 0. The fraction of sp³-hybridized carbons (Fsp3) is 0.429. The zero-order valence-electron chi connectivity index (χ0n) is 10.6. The third-order valence-corrected chi connectivity index (χ3v) is 5.70. The molecule has 1 fully saturated rings. The van der Waals surface area contributed by atoms with Crippen molar-refractivity contribution in [3.63, 3.8) is 0 Å². The van der Waals surface area contributed by atoms with Crippen LogP contribution >= 0.6 is 23.5 Å². The molecule has 1 amide bonds. The first kappa shape index (κ1) is 14.3. The van der Waals surface area contributed by atoms with E-state index in [1.807, 2.05) is 35.7 Å². The molecule has 0 saturated carbocycles. The lowest BCUT2D eigenvalue weighted by Crippen LogP contribution is -2.34. The summed E-state index contributed by atoms with van der Waals surface area (Å²) in [5.41, 5.74) is 1.57. The molecule has 1 aromatic rings. The quantitative estimate of drug-likeness (QED) is 0.923. The van der Waals surface area contributed by atoms with Gasteiger partial charge in [-0.2, -0.15) is 28.8 Å². The van der Waals surface area contributed by atoms with E-state index in [4.69, 9.17) is 5.26 Å². The highest BCUT2D eigenvalue weighted by Gasteiger charge is 2.15. The van der Waals surface area contributed by atoms with Gasteiger partial charge in [0, 0.05) is 29.1 Å². The smallest absolute Gasteiger partial charge is 0.224 e. The molecule has 1 aliphatic rings. The molecule has 1 heterocycles. The maximum atomic E-state index is 11.8. The number of carbonyl (C=O) groups excluding carboxylic acids is 1. The van der Waals surface area contributed by atoms with Crippen molar-refractivity contribution in [3.8, 4) is 6.07 Å². The van der Waals surface area contributed by atoms with Crippen molar-refractivity contribution in [2.45, 2.75) is 11.7 Å². The summed E-state index contributed by atoms with van der Waals surface area (Å²) in [6, 6.07) is 9.24. The fourth-order valence-electron chi connectivity index (χ4n) is 1.83. The lowest BCUT2D eigenvalue weighted by molar-refractivity contribution is -0.120. The number of rotatable bonds is 4. The van der Waals surface area contributed by atoms with Gasteiger partial charge in [-0.3, -0.25) is 4.79 Å². The van der Waals surface area contributed by atoms with Gasteiger partial charge in [0.2, 0.25) is 5.91 Å². The van der Waals surface area contributed by atoms with E-state index < -0.39 is 0 Å². The minimum Gasteiger partial charge on any atom is -0.355 e. The van der Waals surface area contributed by atoms with Crippen molar-refractivity contribution in [2.24, 2.45) is 0 Å². The molecule has 0 bridgehead atoms. The van der Waals surface area contributed by atoms with Gasteiger partial charge in [0.1, 0.15) is 0 Å². The molecule has 0 radical (unpaired) electrons. The zero-order chi connectivity index (χ0) is 13.5. The molecule has 1 N–H and O–H groups in total. The van der Waals surface area contributed by atoms with Crippen LogP contribution in [0.2, 0.25) is 0 Å². The molecule has 3 nitrogen and oxygen atoms in total. The van der Waals surface area contributed by atoms with Crippen LogP contribution in [0.1, 0.15) is 11.1 Å². The van der Waals surface area contributed by atoms with Crippen molar-refractivity contribution < 1.29 is 4.79 Å². The Kier molecular flexibility index (Phi) is 5.62. The van der Waals surface area contributed by atoms with E-state index in [1.54, 1.807) is 12.1 Å². The molecule has 5 heteroatoms. The molecule has 0 spiro atoms. The van der Waals surface area contributed by atoms with Gasteiger partial charge in [-0.1, -0.05) is 12.1 Å². The van der Waals surface area contributed by atoms with Crippen LogP contribution in [0.3, 0.4) is 0 Å². The molecular formula is C14H16N2OS2. The van der Waals surface area contributed by atoms with Crippen LogP contribution < -0.4 is 5.32 Å². The number of nitrogens with one attached hydrogen (secondary N) is 1. The highest BCUT2D eigenvalue weighted by molar-refractivity contribution is 8.06. The van der Waals surface area contributed by atoms with Crippen LogP contribution in [-0.2, 0) is 11.2 Å². The molecule has 1 atom stereocenters. The Morgan fingerprint density at radius 1 is 1.37 bits per heavy atom. The molecular weight excluding hydrogens is 276 g/mol. The van der Waals surface area contributed by atoms with Crippen molar-refractivity contribution in [3.05, 3.63) is 35.4 Å². The zero-order valence-corrected chi connectivity index (χ0v) is 12.2. The Bertz CT molecular complexity index is 461. The van der Waals surface area contributed by atoms with E-state index in [-0.39, 0.29) is 5.91 Å². The van der Waals surface area contributed by atoms with Crippen LogP contribution in [0.15, 0.2) is 24.3 Å². The first-order valence-corrected chi connectivity index (χ1v) is 8.43. The summed E-state index contributed by atoms with van der Waals surface area (Å²) in [6.45, 7) is 0.757. The topological polar surface area (TPSA) is 52.9 Å². The fourth-order valence-corrected chi connectivity index (χ4v) is 4.44. The highest BCUT2D eigenvalue weighted by Crippen LogP contribution is 2.23. The van der Waals surface area contributed by atoms with Crippen LogP contribution in [0.4, 0.5) is 0 Å². The van der Waals surface area contributed by atoms with Gasteiger partial charge in [-0.05, 0) is 17.7 Å². The van der Waals surface area contributed by atoms with Gasteiger partial charge in [0.25, 0.3) is 0 Å². The van der Waals surface area contributed by atoms with Gasteiger partial charge in [0.15, 0.2) is 0 Å². The van der Waals surface area contributed by atoms with Crippen molar-refractivity contribution in [2.75, 3.05) is 23.8 Å². The first-order valence-electron chi connectivity index (χ1n) is 6.23. The number of thioether (sulfide) groups is 2. The van der Waals surface area contributed by atoms with Crippen molar-refractivity contribution in [1.29, 1.82) is 5.26 Å². The number of amides is 1. The number of carbonyl (C=O) groups is 1. The molecule has 1 aliphatic heterocycles. The third-order valence-electron chi connectivity index (χ3n) is 2.86. The molecule has 0 aliphatic carbocycles. The van der Waals surface area contributed by atoms with Crippen molar-refractivity contribution >= 4 is 29.4 Å². The number of nitrogens with zero attached hydrogens (tertiary/aromatic N) is 1. The Balaban J connectivity index is 1.75. The first-order chi connectivity index (χ1) is 9.28. The molecule has 0 aromatic heterocycles. The van der Waals surface area contributed by atoms with Crippen LogP contribution in [-0.4, -0.2) is 35.0 Å². The predicted octanol–water partition coefficient (Wildman–Crippen LogP) is 2.07. The summed E-state index contributed by atoms with van der Waals surface area (Å²) in [4.78, 5) is 11.8. The van der Waals surface area contributed by atoms with Gasteiger partial charge in [-0.15, -0.1) is 0 Å². The Hall–Kier alpha value is -1.12. The number of benzene rings is 1. The van der Waals surface area contributed by atoms with Crippen LogP contribution in [0, 0.1) is 11.3 Å². The van der Waals surface area contributed by atoms with E-state index in [0.29, 0.717) is 17.2 Å². The van der Waals surface area contributed by atoms with E-state index in [2.05, 4.69) is 11.4 Å². The molecule has 100 valence electrons. The molecule has 1 saturated heterocycles. The molecule has 1 unspecified atom stereocenters. The maximum absolute atomic E-state index is 11.8. The standard InChI is InChI=1S/C14H16N2OS2/c15-8-12-3-1-11(2-4-12)7-14(17)16-9-13-10-18-5-6-19-13/h1-4,13H,5-7,9-10H2,(H,16,17). The van der Waals surface area contributed by atoms with E-state index in [9.17, 15) is 4.79 Å². The lowest BCUT2D eigenvalue weighted by Gasteiger charge is -2.21. The van der Waals surface area contributed by atoms with E-state index in [1.165, 1.54) is 11.5 Å². The van der Waals surface area contributed by atoms with Crippen molar-refractivity contribution in [1.82, 2.24) is 5.32 Å². The monoisotopic (exact) mass is 292 g/mol. The van der Waals surface area contributed by atoms with Gasteiger partial charge < -0.3 is 5.32 Å². The Morgan fingerprint density at radius 3 is 2.79 bits per heavy atom. The average Bonchev–Trinajstić information content (AvgIpc) is 2.47. The lowest BCUT2D eigenvalue weighted by atomic mass is 10.1. The summed E-state index contributed by atoms with van der Waals surface area (Å²) in [6.07, 6.45) is 0.385. The average molecular weight is 292 g/mol. The minimum atomic E-state index is 0.0564. The summed E-state index contributed by atoms with van der Waals surface area (Å²) in [5, 5.41) is 12.2. The SMILES string of the molecule is N#Cc1ccc(CC(=O)NCC2CSCCS2)cc1. The Morgan fingerprint density at radius 2 is 2.16 bits per heavy atom. The predicted molar refractivity (Wildman–Crippen MR) is 81.4 cm³/mol. The number of hydrogen-bond acceptors (Lipinski definition) is 4. The molecule has 1 aromatic carbocycles. The third kappa shape index (κ3) is 4.81. The van der Waals surface area contributed by atoms with Gasteiger partial charge >= 0.3 is 0 Å². The number of hydrogen-bond donors (Lipinski definition) is 1.